The lowest BCUT2D eigenvalue weighted by molar-refractivity contribution is -0.132. The predicted octanol–water partition coefficient (Wildman–Crippen LogP) is 1.27. The maximum absolute atomic E-state index is 12.2. The molecule has 0 radical (unpaired) electrons. The van der Waals surface area contributed by atoms with Gasteiger partial charge in [0, 0.05) is 44.2 Å². The molecule has 0 unspecified atom stereocenters. The number of piperazine rings is 1. The van der Waals surface area contributed by atoms with Crippen molar-refractivity contribution >= 4 is 27.7 Å². The second-order valence-electron chi connectivity index (χ2n) is 5.41. The Bertz CT molecular complexity index is 643. The number of rotatable bonds is 6. The van der Waals surface area contributed by atoms with Gasteiger partial charge in [0.25, 0.3) is 10.2 Å². The lowest BCUT2D eigenvalue weighted by Crippen LogP contribution is -2.53. The summed E-state index contributed by atoms with van der Waals surface area (Å²) in [4.78, 5) is 14.0. The minimum atomic E-state index is -3.41. The van der Waals surface area contributed by atoms with Gasteiger partial charge in [-0.2, -0.15) is 12.7 Å². The standard InChI is InChI=1S/C15H22ClN3O3S/c1-2-17-23(21,22)19-10-8-18(9-11-19)15(20)7-6-13-4-3-5-14(16)12-13/h3-5,12,17H,2,6-11H2,1H3. The van der Waals surface area contributed by atoms with Gasteiger partial charge in [-0.25, -0.2) is 4.72 Å². The fraction of sp³-hybridized carbons (Fsp3) is 0.533. The van der Waals surface area contributed by atoms with Crippen LogP contribution in [0.25, 0.3) is 0 Å². The number of nitrogens with zero attached hydrogens (tertiary/aromatic N) is 2. The SMILES string of the molecule is CCNS(=O)(=O)N1CCN(C(=O)CCc2cccc(Cl)c2)CC1. The molecule has 1 aromatic rings. The highest BCUT2D eigenvalue weighted by molar-refractivity contribution is 7.87. The third-order valence-electron chi connectivity index (χ3n) is 3.77. The molecule has 1 aliphatic heterocycles. The van der Waals surface area contributed by atoms with E-state index in [0.29, 0.717) is 50.6 Å². The van der Waals surface area contributed by atoms with E-state index in [1.807, 2.05) is 18.2 Å². The van der Waals surface area contributed by atoms with Crippen LogP contribution in [-0.2, 0) is 21.4 Å². The monoisotopic (exact) mass is 359 g/mol. The average molecular weight is 360 g/mol. The second kappa shape index (κ2) is 8.10. The molecule has 1 fully saturated rings. The van der Waals surface area contributed by atoms with Crippen LogP contribution in [0.3, 0.4) is 0 Å². The summed E-state index contributed by atoms with van der Waals surface area (Å²) in [6.07, 6.45) is 1.04. The van der Waals surface area contributed by atoms with E-state index < -0.39 is 10.2 Å². The zero-order chi connectivity index (χ0) is 16.9. The summed E-state index contributed by atoms with van der Waals surface area (Å²) in [5.74, 6) is 0.0467. The summed E-state index contributed by atoms with van der Waals surface area (Å²) in [6.45, 7) is 3.63. The van der Waals surface area contributed by atoms with Gasteiger partial charge in [0.1, 0.15) is 0 Å². The van der Waals surface area contributed by atoms with Crippen molar-refractivity contribution in [3.8, 4) is 0 Å². The number of aryl methyl sites for hydroxylation is 1. The molecular weight excluding hydrogens is 338 g/mol. The third-order valence-corrected chi connectivity index (χ3v) is 5.71. The van der Waals surface area contributed by atoms with Gasteiger partial charge in [-0.3, -0.25) is 4.79 Å². The van der Waals surface area contributed by atoms with Crippen LogP contribution in [0, 0.1) is 0 Å². The molecule has 0 aromatic heterocycles. The quantitative estimate of drug-likeness (QED) is 0.831. The van der Waals surface area contributed by atoms with Gasteiger partial charge in [0.05, 0.1) is 0 Å². The van der Waals surface area contributed by atoms with Crippen LogP contribution in [0.15, 0.2) is 24.3 Å². The van der Waals surface area contributed by atoms with Crippen molar-refractivity contribution < 1.29 is 13.2 Å². The van der Waals surface area contributed by atoms with Crippen molar-refractivity contribution in [1.29, 1.82) is 0 Å². The van der Waals surface area contributed by atoms with Gasteiger partial charge in [0.15, 0.2) is 0 Å². The summed E-state index contributed by atoms with van der Waals surface area (Å²) in [7, 11) is -3.41. The third kappa shape index (κ3) is 5.17. The average Bonchev–Trinajstić information content (AvgIpc) is 2.53. The fourth-order valence-corrected chi connectivity index (χ4v) is 3.96. The van der Waals surface area contributed by atoms with E-state index >= 15 is 0 Å². The van der Waals surface area contributed by atoms with Crippen LogP contribution >= 0.6 is 11.6 Å². The Hall–Kier alpha value is -1.15. The highest BCUT2D eigenvalue weighted by atomic mass is 35.5. The fourth-order valence-electron chi connectivity index (χ4n) is 2.55. The minimum Gasteiger partial charge on any atom is -0.340 e. The molecular formula is C15H22ClN3O3S. The van der Waals surface area contributed by atoms with E-state index in [1.165, 1.54) is 4.31 Å². The molecule has 1 heterocycles. The molecule has 6 nitrogen and oxygen atoms in total. The van der Waals surface area contributed by atoms with Crippen molar-refractivity contribution in [1.82, 2.24) is 13.9 Å². The van der Waals surface area contributed by atoms with Gasteiger partial charge < -0.3 is 4.90 Å². The summed E-state index contributed by atoms with van der Waals surface area (Å²) < 4.78 is 27.7. The topological polar surface area (TPSA) is 69.7 Å². The van der Waals surface area contributed by atoms with Crippen LogP contribution < -0.4 is 4.72 Å². The Morgan fingerprint density at radius 3 is 2.57 bits per heavy atom. The summed E-state index contributed by atoms with van der Waals surface area (Å²) in [5, 5.41) is 0.664. The highest BCUT2D eigenvalue weighted by Gasteiger charge is 2.27. The first-order valence-electron chi connectivity index (χ1n) is 7.69. The van der Waals surface area contributed by atoms with E-state index in [9.17, 15) is 13.2 Å². The number of benzene rings is 1. The molecule has 0 bridgehead atoms. The first-order valence-corrected chi connectivity index (χ1v) is 9.51. The molecule has 0 saturated carbocycles. The van der Waals surface area contributed by atoms with Crippen LogP contribution in [-0.4, -0.2) is 56.3 Å². The zero-order valence-corrected chi connectivity index (χ0v) is 14.7. The number of carbonyl (C=O) groups is 1. The summed E-state index contributed by atoms with van der Waals surface area (Å²) in [6, 6.07) is 7.47. The molecule has 0 spiro atoms. The molecule has 8 heteroatoms. The number of nitrogens with one attached hydrogen (secondary N) is 1. The van der Waals surface area contributed by atoms with Crippen molar-refractivity contribution in [2.24, 2.45) is 0 Å². The minimum absolute atomic E-state index is 0.0467. The Kier molecular flexibility index (Phi) is 6.41. The van der Waals surface area contributed by atoms with Gasteiger partial charge in [-0.1, -0.05) is 30.7 Å². The van der Waals surface area contributed by atoms with Crippen molar-refractivity contribution in [2.75, 3.05) is 32.7 Å². The second-order valence-corrected chi connectivity index (χ2v) is 7.60. The Morgan fingerprint density at radius 1 is 1.26 bits per heavy atom. The van der Waals surface area contributed by atoms with Gasteiger partial charge >= 0.3 is 0 Å². The normalized spacial score (nSPS) is 16.5. The van der Waals surface area contributed by atoms with Gasteiger partial charge in [0.2, 0.25) is 5.91 Å². The Labute approximate surface area is 142 Å². The van der Waals surface area contributed by atoms with Crippen molar-refractivity contribution in [3.63, 3.8) is 0 Å². The molecule has 23 heavy (non-hydrogen) atoms. The number of hydrogen-bond donors (Lipinski definition) is 1. The highest BCUT2D eigenvalue weighted by Crippen LogP contribution is 2.13. The number of halogens is 1. The zero-order valence-electron chi connectivity index (χ0n) is 13.2. The molecule has 1 N–H and O–H groups in total. The smallest absolute Gasteiger partial charge is 0.279 e. The summed E-state index contributed by atoms with van der Waals surface area (Å²) >= 11 is 5.93. The number of carbonyl (C=O) groups excluding carboxylic acids is 1. The molecule has 2 rings (SSSR count). The van der Waals surface area contributed by atoms with Crippen molar-refractivity contribution in [2.45, 2.75) is 19.8 Å². The first kappa shape index (κ1) is 18.2. The molecule has 0 aliphatic carbocycles. The van der Waals surface area contributed by atoms with Gasteiger partial charge in [-0.15, -0.1) is 0 Å². The molecule has 0 atom stereocenters. The largest absolute Gasteiger partial charge is 0.340 e. The maximum atomic E-state index is 12.2. The molecule has 1 amide bonds. The van der Waals surface area contributed by atoms with E-state index in [0.717, 1.165) is 5.56 Å². The van der Waals surface area contributed by atoms with Crippen LogP contribution in [0.1, 0.15) is 18.9 Å². The lowest BCUT2D eigenvalue weighted by atomic mass is 10.1. The van der Waals surface area contributed by atoms with Crippen LogP contribution in [0.5, 0.6) is 0 Å². The van der Waals surface area contributed by atoms with Crippen LogP contribution in [0.4, 0.5) is 0 Å². The van der Waals surface area contributed by atoms with Crippen LogP contribution in [0.2, 0.25) is 5.02 Å². The Morgan fingerprint density at radius 2 is 1.96 bits per heavy atom. The van der Waals surface area contributed by atoms with E-state index in [2.05, 4.69) is 4.72 Å². The van der Waals surface area contributed by atoms with Gasteiger partial charge in [-0.05, 0) is 24.1 Å². The van der Waals surface area contributed by atoms with E-state index in [4.69, 9.17) is 11.6 Å². The predicted molar refractivity (Wildman–Crippen MR) is 90.5 cm³/mol. The Balaban J connectivity index is 1.82. The van der Waals surface area contributed by atoms with Crippen molar-refractivity contribution in [3.05, 3.63) is 34.9 Å². The molecule has 1 saturated heterocycles. The summed E-state index contributed by atoms with van der Waals surface area (Å²) in [5.41, 5.74) is 1.03. The molecule has 1 aromatic carbocycles. The van der Waals surface area contributed by atoms with E-state index in [1.54, 1.807) is 17.9 Å². The van der Waals surface area contributed by atoms with E-state index in [-0.39, 0.29) is 5.91 Å². The lowest BCUT2D eigenvalue weighted by Gasteiger charge is -2.34. The molecule has 1 aliphatic rings. The number of amides is 1. The maximum Gasteiger partial charge on any atom is 0.279 e. The number of hydrogen-bond acceptors (Lipinski definition) is 3. The molecule has 128 valence electrons. The first-order chi connectivity index (χ1) is 10.9.